The summed E-state index contributed by atoms with van der Waals surface area (Å²) in [6, 6.07) is 0. The third kappa shape index (κ3) is 10.4. The van der Waals surface area contributed by atoms with Gasteiger partial charge in [0.1, 0.15) is 0 Å². The van der Waals surface area contributed by atoms with Gasteiger partial charge in [0.2, 0.25) is 0 Å². The molecule has 16 heavy (non-hydrogen) atoms. The van der Waals surface area contributed by atoms with Gasteiger partial charge in [-0.3, -0.25) is 4.90 Å². The molecule has 1 aliphatic heterocycles. The Morgan fingerprint density at radius 3 is 2.25 bits per heavy atom. The molecule has 0 saturated carbocycles. The molecule has 1 saturated heterocycles. The number of nitrogens with zero attached hydrogens (tertiary/aromatic N) is 1. The summed E-state index contributed by atoms with van der Waals surface area (Å²) in [6.45, 7) is 11.1. The number of rotatable bonds is 6. The van der Waals surface area contributed by atoms with Crippen molar-refractivity contribution < 1.29 is 9.84 Å². The van der Waals surface area contributed by atoms with E-state index in [1.807, 2.05) is 0 Å². The second-order valence-corrected chi connectivity index (χ2v) is 3.93. The summed E-state index contributed by atoms with van der Waals surface area (Å²) in [5, 5.41) is 11.7. The zero-order valence-corrected chi connectivity index (χ0v) is 10.9. The van der Waals surface area contributed by atoms with E-state index < -0.39 is 0 Å². The van der Waals surface area contributed by atoms with Crippen LogP contribution in [0.3, 0.4) is 0 Å². The minimum Gasteiger partial charge on any atom is -0.394 e. The van der Waals surface area contributed by atoms with Crippen molar-refractivity contribution in [2.75, 3.05) is 52.5 Å². The SMILES string of the molecule is CCCC.OCCOCCN1CCNCC1. The molecule has 0 atom stereocenters. The average molecular weight is 232 g/mol. The van der Waals surface area contributed by atoms with E-state index in [4.69, 9.17) is 9.84 Å². The monoisotopic (exact) mass is 232 g/mol. The molecule has 1 fully saturated rings. The molecule has 0 aromatic heterocycles. The summed E-state index contributed by atoms with van der Waals surface area (Å²) in [5.74, 6) is 0. The van der Waals surface area contributed by atoms with Gasteiger partial charge in [-0.1, -0.05) is 26.7 Å². The Labute approximate surface area is 100.0 Å². The maximum absolute atomic E-state index is 8.45. The van der Waals surface area contributed by atoms with Crippen LogP contribution in [0.4, 0.5) is 0 Å². The first-order valence-corrected chi connectivity index (χ1v) is 6.46. The summed E-state index contributed by atoms with van der Waals surface area (Å²) in [6.07, 6.45) is 2.64. The van der Waals surface area contributed by atoms with Gasteiger partial charge in [0, 0.05) is 32.7 Å². The second-order valence-electron chi connectivity index (χ2n) is 3.93. The summed E-state index contributed by atoms with van der Waals surface area (Å²) < 4.78 is 5.17. The van der Waals surface area contributed by atoms with Crippen LogP contribution < -0.4 is 5.32 Å². The number of ether oxygens (including phenoxy) is 1. The van der Waals surface area contributed by atoms with Crippen molar-refractivity contribution >= 4 is 0 Å². The Hall–Kier alpha value is -0.160. The molecule has 1 rings (SSSR count). The van der Waals surface area contributed by atoms with Gasteiger partial charge in [-0.15, -0.1) is 0 Å². The average Bonchev–Trinajstić information content (AvgIpc) is 2.36. The highest BCUT2D eigenvalue weighted by molar-refractivity contribution is 4.66. The minimum absolute atomic E-state index is 0.127. The summed E-state index contributed by atoms with van der Waals surface area (Å²) in [7, 11) is 0. The van der Waals surface area contributed by atoms with Crippen molar-refractivity contribution in [1.82, 2.24) is 10.2 Å². The van der Waals surface area contributed by atoms with Crippen molar-refractivity contribution in [1.29, 1.82) is 0 Å². The topological polar surface area (TPSA) is 44.7 Å². The largest absolute Gasteiger partial charge is 0.394 e. The lowest BCUT2D eigenvalue weighted by molar-refractivity contribution is 0.0710. The molecule has 0 radical (unpaired) electrons. The van der Waals surface area contributed by atoms with Crippen LogP contribution in [-0.4, -0.2) is 62.6 Å². The number of aliphatic hydroxyl groups is 1. The molecule has 0 aliphatic carbocycles. The number of hydrogen-bond donors (Lipinski definition) is 2. The molecular weight excluding hydrogens is 204 g/mol. The summed E-state index contributed by atoms with van der Waals surface area (Å²) in [4.78, 5) is 2.37. The normalized spacial score (nSPS) is 16.7. The molecule has 0 unspecified atom stereocenters. The second kappa shape index (κ2) is 12.9. The molecule has 0 aromatic carbocycles. The first kappa shape index (κ1) is 15.8. The van der Waals surface area contributed by atoms with E-state index in [1.165, 1.54) is 12.8 Å². The molecule has 0 spiro atoms. The minimum atomic E-state index is 0.127. The Morgan fingerprint density at radius 1 is 1.12 bits per heavy atom. The van der Waals surface area contributed by atoms with Crippen LogP contribution in [0, 0.1) is 0 Å². The third-order valence-corrected chi connectivity index (χ3v) is 2.50. The number of nitrogens with one attached hydrogen (secondary N) is 1. The van der Waals surface area contributed by atoms with Gasteiger partial charge in [-0.2, -0.15) is 0 Å². The predicted octanol–water partition coefficient (Wildman–Crippen LogP) is 0.707. The van der Waals surface area contributed by atoms with Crippen LogP contribution in [0.1, 0.15) is 26.7 Å². The number of unbranched alkanes of at least 4 members (excludes halogenated alkanes) is 1. The highest BCUT2D eigenvalue weighted by Gasteiger charge is 2.07. The molecule has 2 N–H and O–H groups in total. The lowest BCUT2D eigenvalue weighted by atomic mass is 10.4. The maximum atomic E-state index is 8.45. The zero-order valence-electron chi connectivity index (χ0n) is 10.9. The number of hydrogen-bond acceptors (Lipinski definition) is 4. The Bertz CT molecular complexity index is 126. The van der Waals surface area contributed by atoms with Crippen LogP contribution in [0.2, 0.25) is 0 Å². The Morgan fingerprint density at radius 2 is 1.75 bits per heavy atom. The molecule has 4 heteroatoms. The predicted molar refractivity (Wildman–Crippen MR) is 67.8 cm³/mol. The quantitative estimate of drug-likeness (QED) is 0.662. The highest BCUT2D eigenvalue weighted by atomic mass is 16.5. The van der Waals surface area contributed by atoms with E-state index in [0.29, 0.717) is 6.61 Å². The van der Waals surface area contributed by atoms with Crippen LogP contribution in [0.15, 0.2) is 0 Å². The summed E-state index contributed by atoms with van der Waals surface area (Å²) >= 11 is 0. The first-order valence-electron chi connectivity index (χ1n) is 6.46. The van der Waals surface area contributed by atoms with E-state index in [-0.39, 0.29) is 6.61 Å². The standard InChI is InChI=1S/C8H18N2O2.C4H10/c11-6-8-12-7-5-10-3-1-9-2-4-10;1-3-4-2/h9,11H,1-8H2;3-4H2,1-2H3. The van der Waals surface area contributed by atoms with Gasteiger partial charge in [-0.05, 0) is 0 Å². The molecule has 98 valence electrons. The van der Waals surface area contributed by atoms with Crippen molar-refractivity contribution in [3.8, 4) is 0 Å². The van der Waals surface area contributed by atoms with E-state index in [9.17, 15) is 0 Å². The van der Waals surface area contributed by atoms with Gasteiger partial charge in [-0.25, -0.2) is 0 Å². The molecular formula is C12H28N2O2. The fraction of sp³-hybridized carbons (Fsp3) is 1.00. The third-order valence-electron chi connectivity index (χ3n) is 2.50. The van der Waals surface area contributed by atoms with Crippen molar-refractivity contribution in [2.24, 2.45) is 0 Å². The fourth-order valence-corrected chi connectivity index (χ4v) is 1.30. The van der Waals surface area contributed by atoms with Crippen LogP contribution in [-0.2, 0) is 4.74 Å². The number of piperazine rings is 1. The smallest absolute Gasteiger partial charge is 0.0698 e. The van der Waals surface area contributed by atoms with E-state index in [1.54, 1.807) is 0 Å². The molecule has 0 aromatic rings. The maximum Gasteiger partial charge on any atom is 0.0698 e. The molecule has 1 aliphatic rings. The fourth-order valence-electron chi connectivity index (χ4n) is 1.30. The van der Waals surface area contributed by atoms with Gasteiger partial charge in [0.05, 0.1) is 19.8 Å². The lowest BCUT2D eigenvalue weighted by Gasteiger charge is -2.26. The number of aliphatic hydroxyl groups excluding tert-OH is 1. The van der Waals surface area contributed by atoms with Crippen molar-refractivity contribution in [3.63, 3.8) is 0 Å². The Balaban J connectivity index is 0.000000487. The molecule has 0 bridgehead atoms. The van der Waals surface area contributed by atoms with Gasteiger partial charge in [0.25, 0.3) is 0 Å². The van der Waals surface area contributed by atoms with E-state index in [0.717, 1.165) is 39.3 Å². The van der Waals surface area contributed by atoms with Crippen molar-refractivity contribution in [2.45, 2.75) is 26.7 Å². The summed E-state index contributed by atoms with van der Waals surface area (Å²) in [5.41, 5.74) is 0. The van der Waals surface area contributed by atoms with Crippen LogP contribution in [0.25, 0.3) is 0 Å². The van der Waals surface area contributed by atoms with Gasteiger partial charge < -0.3 is 15.2 Å². The lowest BCUT2D eigenvalue weighted by Crippen LogP contribution is -2.44. The molecule has 0 amide bonds. The highest BCUT2D eigenvalue weighted by Crippen LogP contribution is 1.91. The molecule has 4 nitrogen and oxygen atoms in total. The molecule has 1 heterocycles. The van der Waals surface area contributed by atoms with Crippen LogP contribution in [0.5, 0.6) is 0 Å². The zero-order chi connectivity index (χ0) is 12.1. The Kier molecular flexibility index (Phi) is 12.8. The van der Waals surface area contributed by atoms with E-state index in [2.05, 4.69) is 24.1 Å². The van der Waals surface area contributed by atoms with Gasteiger partial charge in [0.15, 0.2) is 0 Å². The first-order chi connectivity index (χ1) is 7.85. The van der Waals surface area contributed by atoms with Crippen LogP contribution >= 0.6 is 0 Å². The van der Waals surface area contributed by atoms with Gasteiger partial charge >= 0.3 is 0 Å². The van der Waals surface area contributed by atoms with E-state index >= 15 is 0 Å². The van der Waals surface area contributed by atoms with Crippen molar-refractivity contribution in [3.05, 3.63) is 0 Å².